The van der Waals surface area contributed by atoms with Crippen LogP contribution in [0.3, 0.4) is 0 Å². The van der Waals surface area contributed by atoms with E-state index in [2.05, 4.69) is 99.5 Å². The molecule has 41 heavy (non-hydrogen) atoms. The molecule has 0 aliphatic carbocycles. The number of aryl methyl sites for hydroxylation is 3. The lowest BCUT2D eigenvalue weighted by molar-refractivity contribution is 0.713. The van der Waals surface area contributed by atoms with Gasteiger partial charge < -0.3 is 0 Å². The van der Waals surface area contributed by atoms with E-state index < -0.39 is 0 Å². The molecule has 0 atom stereocenters. The van der Waals surface area contributed by atoms with Gasteiger partial charge in [-0.25, -0.2) is 4.98 Å². The number of nitriles is 1. The topological polar surface area (TPSA) is 93.2 Å². The monoisotopic (exact) mass is 557 g/mol. The number of nitrogens with zero attached hydrogens (tertiary/aromatic N) is 7. The lowest BCUT2D eigenvalue weighted by Gasteiger charge is -2.02. The lowest BCUT2D eigenvalue weighted by Crippen LogP contribution is -1.93. The molecule has 0 saturated carbocycles. The summed E-state index contributed by atoms with van der Waals surface area (Å²) >= 11 is 0. The fourth-order valence-electron chi connectivity index (χ4n) is 3.08. The van der Waals surface area contributed by atoms with Gasteiger partial charge in [0.15, 0.2) is 0 Å². The van der Waals surface area contributed by atoms with Crippen LogP contribution in [0.2, 0.25) is 0 Å². The molecule has 4 aromatic rings. The highest BCUT2D eigenvalue weighted by molar-refractivity contribution is 5.24. The summed E-state index contributed by atoms with van der Waals surface area (Å²) in [6.45, 7) is 21.0. The SMILES string of the molecule is C.CC(C)c1ccc(C#N)nc1.CC(C)c1ccn(C)n1.Cc1ccc(C(C)C)nc1.Cc1cnc(C(C)C)cn1. The van der Waals surface area contributed by atoms with Crippen LogP contribution in [0.15, 0.2) is 61.3 Å². The number of pyridine rings is 2. The number of rotatable bonds is 4. The average molecular weight is 558 g/mol. The van der Waals surface area contributed by atoms with Gasteiger partial charge in [0, 0.05) is 43.7 Å². The normalized spacial score (nSPS) is 10.0. The summed E-state index contributed by atoms with van der Waals surface area (Å²) in [6.07, 6.45) is 9.27. The summed E-state index contributed by atoms with van der Waals surface area (Å²) in [7, 11) is 1.94. The van der Waals surface area contributed by atoms with E-state index in [1.54, 1.807) is 18.5 Å². The molecule has 0 fully saturated rings. The van der Waals surface area contributed by atoms with Crippen molar-refractivity contribution in [2.24, 2.45) is 7.05 Å². The molecule has 0 aromatic carbocycles. The maximum Gasteiger partial charge on any atom is 0.140 e. The highest BCUT2D eigenvalue weighted by Crippen LogP contribution is 2.12. The van der Waals surface area contributed by atoms with Gasteiger partial charge in [0.1, 0.15) is 11.8 Å². The van der Waals surface area contributed by atoms with Crippen LogP contribution in [-0.2, 0) is 7.05 Å². The molecular formula is C34H51N7. The number of hydrogen-bond donors (Lipinski definition) is 0. The van der Waals surface area contributed by atoms with E-state index in [4.69, 9.17) is 5.26 Å². The molecule has 0 bridgehead atoms. The van der Waals surface area contributed by atoms with Crippen molar-refractivity contribution < 1.29 is 0 Å². The van der Waals surface area contributed by atoms with Gasteiger partial charge in [0.05, 0.1) is 17.1 Å². The maximum atomic E-state index is 8.45. The molecule has 222 valence electrons. The molecular weight excluding hydrogens is 506 g/mol. The predicted octanol–water partition coefficient (Wildman–Crippen LogP) is 8.68. The number of hydrogen-bond acceptors (Lipinski definition) is 6. The quantitative estimate of drug-likeness (QED) is 0.249. The first-order chi connectivity index (χ1) is 18.8. The summed E-state index contributed by atoms with van der Waals surface area (Å²) in [6, 6.07) is 11.9. The predicted molar refractivity (Wildman–Crippen MR) is 171 cm³/mol. The van der Waals surface area contributed by atoms with Crippen LogP contribution < -0.4 is 0 Å². The Bertz CT molecular complexity index is 1210. The van der Waals surface area contributed by atoms with Crippen LogP contribution >= 0.6 is 0 Å². The number of aromatic nitrogens is 6. The molecule has 4 rings (SSSR count). The van der Waals surface area contributed by atoms with Crippen molar-refractivity contribution in [2.45, 2.75) is 100 Å². The van der Waals surface area contributed by atoms with Crippen molar-refractivity contribution in [2.75, 3.05) is 0 Å². The fourth-order valence-corrected chi connectivity index (χ4v) is 3.08. The van der Waals surface area contributed by atoms with Gasteiger partial charge in [-0.15, -0.1) is 0 Å². The first-order valence-corrected chi connectivity index (χ1v) is 13.9. The first kappa shape index (κ1) is 37.1. The van der Waals surface area contributed by atoms with E-state index in [9.17, 15) is 0 Å². The summed E-state index contributed by atoms with van der Waals surface area (Å²) in [5, 5.41) is 12.7. The molecule has 0 aliphatic rings. The van der Waals surface area contributed by atoms with E-state index in [0.717, 1.165) is 17.1 Å². The highest BCUT2D eigenvalue weighted by Gasteiger charge is 2.01. The fraction of sp³-hybridized carbons (Fsp3) is 0.471. The average Bonchev–Trinajstić information content (AvgIpc) is 3.37. The molecule has 4 aromatic heterocycles. The summed E-state index contributed by atoms with van der Waals surface area (Å²) in [5.74, 6) is 2.05. The zero-order valence-corrected chi connectivity index (χ0v) is 26.2. The molecule has 0 unspecified atom stereocenters. The Labute approximate surface area is 249 Å². The van der Waals surface area contributed by atoms with Crippen LogP contribution in [-0.4, -0.2) is 29.7 Å². The Morgan fingerprint density at radius 2 is 1.24 bits per heavy atom. The Morgan fingerprint density at radius 3 is 1.59 bits per heavy atom. The third-order valence-electron chi connectivity index (χ3n) is 5.81. The smallest absolute Gasteiger partial charge is 0.140 e. The largest absolute Gasteiger partial charge is 0.276 e. The first-order valence-electron chi connectivity index (χ1n) is 13.9. The minimum Gasteiger partial charge on any atom is -0.276 e. The van der Waals surface area contributed by atoms with Crippen molar-refractivity contribution >= 4 is 0 Å². The minimum absolute atomic E-state index is 0. The van der Waals surface area contributed by atoms with Gasteiger partial charge in [0.2, 0.25) is 0 Å². The third-order valence-corrected chi connectivity index (χ3v) is 5.81. The van der Waals surface area contributed by atoms with Gasteiger partial charge in [-0.1, -0.05) is 74.9 Å². The Hall–Kier alpha value is -3.92. The zero-order valence-electron chi connectivity index (χ0n) is 26.2. The van der Waals surface area contributed by atoms with Crippen molar-refractivity contribution in [3.05, 3.63) is 101 Å². The van der Waals surface area contributed by atoms with Gasteiger partial charge in [-0.3, -0.25) is 19.6 Å². The van der Waals surface area contributed by atoms with E-state index >= 15 is 0 Å². The van der Waals surface area contributed by atoms with Crippen LogP contribution in [0.5, 0.6) is 0 Å². The van der Waals surface area contributed by atoms with E-state index in [1.807, 2.05) is 55.4 Å². The maximum absolute atomic E-state index is 8.45. The molecule has 0 N–H and O–H groups in total. The second-order valence-corrected chi connectivity index (χ2v) is 11.0. The highest BCUT2D eigenvalue weighted by atomic mass is 15.2. The van der Waals surface area contributed by atoms with Crippen LogP contribution in [0.1, 0.15) is 126 Å². The Balaban J connectivity index is 0.000000517. The minimum atomic E-state index is 0. The van der Waals surface area contributed by atoms with E-state index in [-0.39, 0.29) is 7.43 Å². The second kappa shape index (κ2) is 19.2. The molecule has 0 aliphatic heterocycles. The Kier molecular flexibility index (Phi) is 17.4. The van der Waals surface area contributed by atoms with Crippen molar-refractivity contribution in [3.8, 4) is 6.07 Å². The molecule has 0 amide bonds. The van der Waals surface area contributed by atoms with Crippen LogP contribution in [0, 0.1) is 25.2 Å². The lowest BCUT2D eigenvalue weighted by atomic mass is 10.1. The van der Waals surface area contributed by atoms with Gasteiger partial charge in [-0.2, -0.15) is 10.4 Å². The van der Waals surface area contributed by atoms with Crippen LogP contribution in [0.4, 0.5) is 0 Å². The third kappa shape index (κ3) is 14.9. The Morgan fingerprint density at radius 1 is 0.634 bits per heavy atom. The zero-order chi connectivity index (χ0) is 30.2. The van der Waals surface area contributed by atoms with Gasteiger partial charge in [0.25, 0.3) is 0 Å². The van der Waals surface area contributed by atoms with Crippen molar-refractivity contribution in [1.29, 1.82) is 5.26 Å². The summed E-state index contributed by atoms with van der Waals surface area (Å²) in [5.41, 5.74) is 7.25. The van der Waals surface area contributed by atoms with Gasteiger partial charge in [-0.05, 0) is 66.8 Å². The van der Waals surface area contributed by atoms with Crippen molar-refractivity contribution in [3.63, 3.8) is 0 Å². The molecule has 0 spiro atoms. The molecule has 0 radical (unpaired) electrons. The standard InChI is InChI=1S/C9H10N2.C9H13N.C8H12N2.C7H12N2.CH4/c1-7(2)8-3-4-9(5-10)11-6-8;1-7(2)9-5-4-8(3)6-10-9;1-6(2)8-5-9-7(3)4-10-8;1-6(2)7-4-5-9(3)8-7;/h3-4,6-7H,1-2H3;4-7H,1-3H3;4-6H,1-3H3;4-6H,1-3H3;1H4. The summed E-state index contributed by atoms with van der Waals surface area (Å²) < 4.78 is 1.83. The summed E-state index contributed by atoms with van der Waals surface area (Å²) in [4.78, 5) is 16.6. The second-order valence-electron chi connectivity index (χ2n) is 11.0. The van der Waals surface area contributed by atoms with Crippen LogP contribution in [0.25, 0.3) is 0 Å². The molecule has 0 saturated heterocycles. The molecule has 4 heterocycles. The molecule has 7 heteroatoms. The van der Waals surface area contributed by atoms with E-state index in [1.165, 1.54) is 16.8 Å². The van der Waals surface area contributed by atoms with E-state index in [0.29, 0.717) is 29.4 Å². The van der Waals surface area contributed by atoms with Gasteiger partial charge >= 0.3 is 0 Å². The molecule has 7 nitrogen and oxygen atoms in total. The van der Waals surface area contributed by atoms with Crippen molar-refractivity contribution in [1.82, 2.24) is 29.7 Å².